The highest BCUT2D eigenvalue weighted by atomic mass is 16.1. The summed E-state index contributed by atoms with van der Waals surface area (Å²) in [6, 6.07) is 8.28. The van der Waals surface area contributed by atoms with Gasteiger partial charge in [-0.2, -0.15) is 0 Å². The van der Waals surface area contributed by atoms with Crippen LogP contribution in [0.3, 0.4) is 0 Å². The molecule has 2 aromatic rings. The second-order valence-electron chi connectivity index (χ2n) is 4.67. The molecule has 0 bridgehead atoms. The van der Waals surface area contributed by atoms with E-state index < -0.39 is 0 Å². The van der Waals surface area contributed by atoms with Crippen LogP contribution in [-0.4, -0.2) is 10.8 Å². The molecule has 0 atom stereocenters. The zero-order chi connectivity index (χ0) is 11.7. The first-order valence-electron chi connectivity index (χ1n) is 5.67. The molecule has 84 valence electrons. The third-order valence-corrected chi connectivity index (χ3v) is 2.84. The summed E-state index contributed by atoms with van der Waals surface area (Å²) in [5, 5.41) is 1.19. The largest absolute Gasteiger partial charge is 0.359 e. The summed E-state index contributed by atoms with van der Waals surface area (Å²) in [5.74, 6) is 0.412. The lowest BCUT2D eigenvalue weighted by atomic mass is 10.0. The molecule has 0 aliphatic heterocycles. The van der Waals surface area contributed by atoms with Crippen LogP contribution in [0.1, 0.15) is 25.1 Å². The van der Waals surface area contributed by atoms with E-state index in [4.69, 9.17) is 0 Å². The van der Waals surface area contributed by atoms with Gasteiger partial charge in [0.05, 0.1) is 0 Å². The lowest BCUT2D eigenvalue weighted by molar-refractivity contribution is -0.121. The first-order chi connectivity index (χ1) is 7.56. The van der Waals surface area contributed by atoms with E-state index in [-0.39, 0.29) is 5.92 Å². The smallest absolute Gasteiger partial charge is 0.139 e. The number of fused-ring (bicyclic) bond motifs is 1. The fourth-order valence-corrected chi connectivity index (χ4v) is 1.84. The fourth-order valence-electron chi connectivity index (χ4n) is 1.84. The second-order valence-corrected chi connectivity index (χ2v) is 4.67. The van der Waals surface area contributed by atoms with Crippen LogP contribution < -0.4 is 0 Å². The number of ketones is 1. The van der Waals surface area contributed by atoms with Crippen LogP contribution in [0.4, 0.5) is 0 Å². The van der Waals surface area contributed by atoms with Gasteiger partial charge in [0.25, 0.3) is 0 Å². The third kappa shape index (κ3) is 2.16. The summed E-state index contributed by atoms with van der Waals surface area (Å²) in [7, 11) is 0. The lowest BCUT2D eigenvalue weighted by Gasteiger charge is -2.04. The van der Waals surface area contributed by atoms with Gasteiger partial charge < -0.3 is 4.98 Å². The molecule has 0 fully saturated rings. The third-order valence-electron chi connectivity index (χ3n) is 2.84. The van der Waals surface area contributed by atoms with Gasteiger partial charge in [-0.05, 0) is 36.1 Å². The number of aryl methyl sites for hydroxylation is 1. The van der Waals surface area contributed by atoms with E-state index in [1.807, 2.05) is 32.9 Å². The number of nitrogens with one attached hydrogen (secondary N) is 1. The van der Waals surface area contributed by atoms with Gasteiger partial charge in [0.15, 0.2) is 0 Å². The maximum absolute atomic E-state index is 11.6. The molecule has 16 heavy (non-hydrogen) atoms. The molecular formula is C14H17NO. The highest BCUT2D eigenvalue weighted by molar-refractivity contribution is 5.85. The maximum atomic E-state index is 11.6. The first-order valence-corrected chi connectivity index (χ1v) is 5.67. The fraction of sp³-hybridized carbons (Fsp3) is 0.357. The van der Waals surface area contributed by atoms with Crippen molar-refractivity contribution in [2.24, 2.45) is 5.92 Å². The molecule has 0 saturated heterocycles. The van der Waals surface area contributed by atoms with Crippen molar-refractivity contribution >= 4 is 16.7 Å². The van der Waals surface area contributed by atoms with Gasteiger partial charge in [-0.15, -0.1) is 0 Å². The number of hydrogen-bond acceptors (Lipinski definition) is 1. The lowest BCUT2D eigenvalue weighted by Crippen LogP contribution is -2.09. The van der Waals surface area contributed by atoms with Crippen molar-refractivity contribution in [3.63, 3.8) is 0 Å². The van der Waals surface area contributed by atoms with E-state index in [1.165, 1.54) is 5.39 Å². The van der Waals surface area contributed by atoms with Crippen molar-refractivity contribution in [3.8, 4) is 0 Å². The van der Waals surface area contributed by atoms with Crippen molar-refractivity contribution in [2.45, 2.75) is 27.2 Å². The number of aromatic nitrogens is 1. The van der Waals surface area contributed by atoms with Crippen molar-refractivity contribution in [1.82, 2.24) is 4.98 Å². The van der Waals surface area contributed by atoms with Crippen LogP contribution in [0.15, 0.2) is 24.3 Å². The molecule has 1 N–H and O–H groups in total. The standard InChI is InChI=1S/C14H17NO/c1-9(2)14(16)8-11-4-5-13-12(7-11)6-10(3)15-13/h4-7,9,15H,8H2,1-3H3. The molecule has 0 amide bonds. The normalized spacial score (nSPS) is 11.2. The van der Waals surface area contributed by atoms with E-state index in [0.717, 1.165) is 16.8 Å². The van der Waals surface area contributed by atoms with Crippen LogP contribution in [-0.2, 0) is 11.2 Å². The van der Waals surface area contributed by atoms with Crippen molar-refractivity contribution in [3.05, 3.63) is 35.5 Å². The highest BCUT2D eigenvalue weighted by Gasteiger charge is 2.08. The molecule has 0 saturated carbocycles. The monoisotopic (exact) mass is 215 g/mol. The number of aromatic amines is 1. The van der Waals surface area contributed by atoms with Gasteiger partial charge in [-0.1, -0.05) is 19.9 Å². The number of hydrogen-bond donors (Lipinski definition) is 1. The van der Waals surface area contributed by atoms with Crippen LogP contribution >= 0.6 is 0 Å². The highest BCUT2D eigenvalue weighted by Crippen LogP contribution is 2.17. The average molecular weight is 215 g/mol. The minimum absolute atomic E-state index is 0.114. The Labute approximate surface area is 95.7 Å². The number of benzene rings is 1. The zero-order valence-corrected chi connectivity index (χ0v) is 10.0. The summed E-state index contributed by atoms with van der Waals surface area (Å²) in [6.45, 7) is 5.93. The minimum atomic E-state index is 0.114. The Hall–Kier alpha value is -1.57. The number of carbonyl (C=O) groups excluding carboxylic acids is 1. The van der Waals surface area contributed by atoms with Crippen LogP contribution in [0, 0.1) is 12.8 Å². The van der Waals surface area contributed by atoms with E-state index in [2.05, 4.69) is 17.1 Å². The average Bonchev–Trinajstić information content (AvgIpc) is 2.57. The predicted octanol–water partition coefficient (Wildman–Crippen LogP) is 3.24. The van der Waals surface area contributed by atoms with Gasteiger partial charge in [-0.25, -0.2) is 0 Å². The molecule has 0 spiro atoms. The molecule has 0 radical (unpaired) electrons. The Morgan fingerprint density at radius 1 is 1.31 bits per heavy atom. The van der Waals surface area contributed by atoms with E-state index in [9.17, 15) is 4.79 Å². The molecule has 0 unspecified atom stereocenters. The SMILES string of the molecule is Cc1cc2cc(CC(=O)C(C)C)ccc2[nH]1. The molecule has 0 aliphatic rings. The summed E-state index contributed by atoms with van der Waals surface area (Å²) in [4.78, 5) is 14.9. The Balaban J connectivity index is 2.29. The number of Topliss-reactive ketones (excluding diaryl/α,β-unsaturated/α-hetero) is 1. The van der Waals surface area contributed by atoms with Gasteiger partial charge in [0.1, 0.15) is 5.78 Å². The molecule has 2 heteroatoms. The van der Waals surface area contributed by atoms with Crippen molar-refractivity contribution in [1.29, 1.82) is 0 Å². The molecule has 1 aromatic heterocycles. The number of carbonyl (C=O) groups is 1. The van der Waals surface area contributed by atoms with Crippen LogP contribution in [0.5, 0.6) is 0 Å². The van der Waals surface area contributed by atoms with Gasteiger partial charge in [0, 0.05) is 23.5 Å². The Morgan fingerprint density at radius 3 is 2.75 bits per heavy atom. The van der Waals surface area contributed by atoms with E-state index in [0.29, 0.717) is 12.2 Å². The zero-order valence-electron chi connectivity index (χ0n) is 10.0. The molecule has 1 heterocycles. The summed E-state index contributed by atoms with van der Waals surface area (Å²) in [6.07, 6.45) is 0.540. The Kier molecular flexibility index (Phi) is 2.82. The van der Waals surface area contributed by atoms with E-state index >= 15 is 0 Å². The van der Waals surface area contributed by atoms with Crippen LogP contribution in [0.25, 0.3) is 10.9 Å². The quantitative estimate of drug-likeness (QED) is 0.837. The molecule has 2 nitrogen and oxygen atoms in total. The Morgan fingerprint density at radius 2 is 2.06 bits per heavy atom. The molecule has 2 rings (SSSR count). The summed E-state index contributed by atoms with van der Waals surface area (Å²) in [5.41, 5.74) is 3.39. The maximum Gasteiger partial charge on any atom is 0.139 e. The molecule has 1 aromatic carbocycles. The van der Waals surface area contributed by atoms with Gasteiger partial charge in [0.2, 0.25) is 0 Å². The molecule has 0 aliphatic carbocycles. The van der Waals surface area contributed by atoms with Crippen LogP contribution in [0.2, 0.25) is 0 Å². The number of H-pyrrole nitrogens is 1. The Bertz CT molecular complexity index is 523. The summed E-state index contributed by atoms with van der Waals surface area (Å²) >= 11 is 0. The first kappa shape index (κ1) is 10.9. The van der Waals surface area contributed by atoms with Gasteiger partial charge in [-0.3, -0.25) is 4.79 Å². The van der Waals surface area contributed by atoms with Gasteiger partial charge >= 0.3 is 0 Å². The van der Waals surface area contributed by atoms with Crippen molar-refractivity contribution < 1.29 is 4.79 Å². The predicted molar refractivity (Wildman–Crippen MR) is 66.6 cm³/mol. The second kappa shape index (κ2) is 4.12. The molecular weight excluding hydrogens is 198 g/mol. The minimum Gasteiger partial charge on any atom is -0.359 e. The number of rotatable bonds is 3. The summed E-state index contributed by atoms with van der Waals surface area (Å²) < 4.78 is 0. The van der Waals surface area contributed by atoms with Crippen molar-refractivity contribution in [2.75, 3.05) is 0 Å². The van der Waals surface area contributed by atoms with E-state index in [1.54, 1.807) is 0 Å². The topological polar surface area (TPSA) is 32.9 Å².